The summed E-state index contributed by atoms with van der Waals surface area (Å²) >= 11 is 0. The first kappa shape index (κ1) is 30.7. The fraction of sp³-hybridized carbons (Fsp3) is 0.517. The number of carbonyl (C=O) groups is 2. The molecule has 40 heavy (non-hydrogen) atoms. The minimum absolute atomic E-state index is 0.219. The zero-order valence-corrected chi connectivity index (χ0v) is 24.6. The third kappa shape index (κ3) is 6.47. The summed E-state index contributed by atoms with van der Waals surface area (Å²) in [5, 5.41) is 0. The Balaban J connectivity index is 1.92. The molecule has 0 saturated carbocycles. The maximum Gasteiger partial charge on any atom is 0.258 e. The topological polar surface area (TPSA) is 105 Å². The second-order valence-corrected chi connectivity index (χ2v) is 9.63. The lowest BCUT2D eigenvalue weighted by atomic mass is 10.1. The van der Waals surface area contributed by atoms with E-state index in [1.807, 2.05) is 0 Å². The average Bonchev–Trinajstić information content (AvgIpc) is 2.98. The first-order valence-corrected chi connectivity index (χ1v) is 13.0. The summed E-state index contributed by atoms with van der Waals surface area (Å²) in [6, 6.07) is 6.18. The number of nitrogens with zero attached hydrogens (tertiary/aromatic N) is 2. The van der Waals surface area contributed by atoms with E-state index in [-0.39, 0.29) is 30.7 Å². The van der Waals surface area contributed by atoms with E-state index in [4.69, 9.17) is 33.2 Å². The van der Waals surface area contributed by atoms with Crippen molar-refractivity contribution >= 4 is 11.8 Å². The maximum atomic E-state index is 13.9. The van der Waals surface area contributed by atoms with Gasteiger partial charge in [0.25, 0.3) is 11.8 Å². The predicted molar refractivity (Wildman–Crippen MR) is 149 cm³/mol. The lowest BCUT2D eigenvalue weighted by Gasteiger charge is -2.41. The molecule has 1 unspecified atom stereocenters. The van der Waals surface area contributed by atoms with Crippen LogP contribution in [-0.4, -0.2) is 103 Å². The predicted octanol–water partition coefficient (Wildman–Crippen LogP) is 3.38. The van der Waals surface area contributed by atoms with Crippen LogP contribution in [0.4, 0.5) is 0 Å². The molecule has 2 aromatic rings. The molecule has 0 aliphatic carbocycles. The summed E-state index contributed by atoms with van der Waals surface area (Å²) in [6.07, 6.45) is 0. The molecule has 1 aliphatic heterocycles. The Kier molecular flexibility index (Phi) is 10.7. The summed E-state index contributed by atoms with van der Waals surface area (Å²) in [4.78, 5) is 31.0. The van der Waals surface area contributed by atoms with Crippen molar-refractivity contribution in [3.05, 3.63) is 35.4 Å². The number of rotatable bonds is 12. The number of piperazine rings is 1. The summed E-state index contributed by atoms with van der Waals surface area (Å²) in [5.41, 5.74) is 0.719. The summed E-state index contributed by atoms with van der Waals surface area (Å²) in [6.45, 7) is 5.78. The van der Waals surface area contributed by atoms with Gasteiger partial charge in [-0.3, -0.25) is 9.59 Å². The van der Waals surface area contributed by atoms with Gasteiger partial charge in [0, 0.05) is 31.8 Å². The van der Waals surface area contributed by atoms with E-state index in [1.54, 1.807) is 34.1 Å². The Morgan fingerprint density at radius 1 is 0.775 bits per heavy atom. The van der Waals surface area contributed by atoms with Gasteiger partial charge in [-0.15, -0.1) is 0 Å². The number of hydrogen-bond acceptors (Lipinski definition) is 9. The summed E-state index contributed by atoms with van der Waals surface area (Å²) in [7, 11) is 9.00. The van der Waals surface area contributed by atoms with Crippen LogP contribution >= 0.6 is 0 Å². The van der Waals surface area contributed by atoms with E-state index in [0.29, 0.717) is 65.5 Å². The van der Waals surface area contributed by atoms with Crippen LogP contribution in [-0.2, 0) is 4.74 Å². The van der Waals surface area contributed by atoms with Crippen LogP contribution in [0.2, 0.25) is 0 Å². The van der Waals surface area contributed by atoms with Crippen molar-refractivity contribution in [1.29, 1.82) is 0 Å². The van der Waals surface area contributed by atoms with Gasteiger partial charge >= 0.3 is 0 Å². The monoisotopic (exact) mass is 560 g/mol. The molecule has 2 aromatic carbocycles. The lowest BCUT2D eigenvalue weighted by Crippen LogP contribution is -2.58. The molecule has 0 radical (unpaired) electrons. The highest BCUT2D eigenvalue weighted by Gasteiger charge is 2.36. The zero-order valence-electron chi connectivity index (χ0n) is 24.6. The van der Waals surface area contributed by atoms with Crippen LogP contribution in [0.1, 0.15) is 34.6 Å². The van der Waals surface area contributed by atoms with Crippen molar-refractivity contribution in [2.75, 3.05) is 75.5 Å². The minimum Gasteiger partial charge on any atom is -0.493 e. The molecule has 11 nitrogen and oxygen atoms in total. The van der Waals surface area contributed by atoms with Crippen LogP contribution in [0.3, 0.4) is 0 Å². The van der Waals surface area contributed by atoms with Crippen molar-refractivity contribution in [2.45, 2.75) is 19.9 Å². The first-order chi connectivity index (χ1) is 19.2. The van der Waals surface area contributed by atoms with E-state index in [2.05, 4.69) is 13.8 Å². The molecule has 2 amide bonds. The normalized spacial score (nSPS) is 15.1. The smallest absolute Gasteiger partial charge is 0.258 e. The van der Waals surface area contributed by atoms with Gasteiger partial charge in [-0.2, -0.15) is 0 Å². The van der Waals surface area contributed by atoms with Gasteiger partial charge in [0.2, 0.25) is 11.5 Å². The van der Waals surface area contributed by atoms with Crippen LogP contribution in [0.25, 0.3) is 0 Å². The van der Waals surface area contributed by atoms with Crippen molar-refractivity contribution in [3.63, 3.8) is 0 Å². The van der Waals surface area contributed by atoms with Crippen LogP contribution < -0.4 is 28.4 Å². The Hall–Kier alpha value is -3.86. The molecule has 220 valence electrons. The highest BCUT2D eigenvalue weighted by molar-refractivity contribution is 5.99. The Labute approximate surface area is 235 Å². The molecule has 0 spiro atoms. The number of hydrogen-bond donors (Lipinski definition) is 0. The number of amides is 2. The summed E-state index contributed by atoms with van der Waals surface area (Å²) in [5.74, 6) is 2.08. The number of carbonyl (C=O) groups excluding carboxylic acids is 2. The van der Waals surface area contributed by atoms with E-state index < -0.39 is 6.04 Å². The largest absolute Gasteiger partial charge is 0.493 e. The van der Waals surface area contributed by atoms with Crippen LogP contribution in [0.15, 0.2) is 24.3 Å². The maximum absolute atomic E-state index is 13.9. The molecule has 11 heteroatoms. The fourth-order valence-electron chi connectivity index (χ4n) is 4.70. The van der Waals surface area contributed by atoms with E-state index in [9.17, 15) is 9.59 Å². The summed E-state index contributed by atoms with van der Waals surface area (Å²) < 4.78 is 38.6. The fourth-order valence-corrected chi connectivity index (χ4v) is 4.70. The Morgan fingerprint density at radius 2 is 1.38 bits per heavy atom. The minimum atomic E-state index is -0.399. The highest BCUT2D eigenvalue weighted by Crippen LogP contribution is 2.41. The van der Waals surface area contributed by atoms with Gasteiger partial charge in [0.05, 0.1) is 60.9 Å². The van der Waals surface area contributed by atoms with Gasteiger partial charge in [-0.1, -0.05) is 13.8 Å². The number of benzene rings is 2. The van der Waals surface area contributed by atoms with Gasteiger partial charge < -0.3 is 43.0 Å². The van der Waals surface area contributed by atoms with Crippen LogP contribution in [0.5, 0.6) is 34.5 Å². The molecule has 1 saturated heterocycles. The van der Waals surface area contributed by atoms with Crippen molar-refractivity contribution in [3.8, 4) is 34.5 Å². The molecule has 3 rings (SSSR count). The highest BCUT2D eigenvalue weighted by atomic mass is 16.5. The molecular formula is C29H40N2O9. The third-order valence-electron chi connectivity index (χ3n) is 6.64. The standard InChI is InChI=1S/C29H40N2O9/c1-18(2)16-40-17-20-15-30(28(32)19-13-23(35-4)26(38-7)24(14-19)36-5)11-12-31(20)29(33)21-9-10-22(34-3)27(39-8)25(21)37-6/h9-10,13-14,18,20H,11-12,15-17H2,1-8H3. The second-order valence-electron chi connectivity index (χ2n) is 9.63. The molecule has 0 aromatic heterocycles. The van der Waals surface area contributed by atoms with Crippen molar-refractivity contribution in [2.24, 2.45) is 5.92 Å². The number of methoxy groups -OCH3 is 6. The van der Waals surface area contributed by atoms with E-state index in [0.717, 1.165) is 0 Å². The van der Waals surface area contributed by atoms with E-state index >= 15 is 0 Å². The lowest BCUT2D eigenvalue weighted by molar-refractivity contribution is 0.00639. The second kappa shape index (κ2) is 14.0. The number of ether oxygens (including phenoxy) is 7. The molecule has 1 aliphatic rings. The van der Waals surface area contributed by atoms with E-state index in [1.165, 1.54) is 42.7 Å². The molecule has 1 fully saturated rings. The Morgan fingerprint density at radius 3 is 1.90 bits per heavy atom. The van der Waals surface area contributed by atoms with Gasteiger partial charge in [-0.25, -0.2) is 0 Å². The van der Waals surface area contributed by atoms with Crippen molar-refractivity contribution in [1.82, 2.24) is 9.80 Å². The quantitative estimate of drug-likeness (QED) is 0.386. The third-order valence-corrected chi connectivity index (χ3v) is 6.64. The van der Waals surface area contributed by atoms with Gasteiger partial charge in [0.15, 0.2) is 23.0 Å². The molecule has 0 N–H and O–H groups in total. The Bertz CT molecular complexity index is 1160. The zero-order chi connectivity index (χ0) is 29.4. The van der Waals surface area contributed by atoms with Crippen molar-refractivity contribution < 1.29 is 42.7 Å². The first-order valence-electron chi connectivity index (χ1n) is 13.0. The van der Waals surface area contributed by atoms with Gasteiger partial charge in [0.1, 0.15) is 0 Å². The average molecular weight is 561 g/mol. The molecular weight excluding hydrogens is 520 g/mol. The SMILES string of the molecule is COc1cc(C(=O)N2CCN(C(=O)c3ccc(OC)c(OC)c3OC)C(COCC(C)C)C2)cc(OC)c1OC. The molecule has 1 atom stereocenters. The molecule has 0 bridgehead atoms. The molecule has 1 heterocycles. The van der Waals surface area contributed by atoms with Crippen LogP contribution in [0, 0.1) is 5.92 Å². The van der Waals surface area contributed by atoms with Gasteiger partial charge in [-0.05, 0) is 30.2 Å².